The van der Waals surface area contributed by atoms with E-state index in [9.17, 15) is 9.59 Å². The minimum atomic E-state index is -0.368. The van der Waals surface area contributed by atoms with E-state index in [1.54, 1.807) is 13.8 Å². The molecule has 2 aromatic heterocycles. The Bertz CT molecular complexity index is 1650. The first-order valence-electron chi connectivity index (χ1n) is 13.0. The number of nitrogens with zero attached hydrogens (tertiary/aromatic N) is 10. The van der Waals surface area contributed by atoms with Gasteiger partial charge in [0.2, 0.25) is 22.2 Å². The van der Waals surface area contributed by atoms with Crippen molar-refractivity contribution in [2.75, 3.05) is 12.5 Å². The van der Waals surface area contributed by atoms with Crippen LogP contribution >= 0.6 is 23.5 Å². The lowest BCUT2D eigenvalue weighted by Gasteiger charge is -2.46. The Morgan fingerprint density at radius 2 is 0.952 bits per heavy atom. The van der Waals surface area contributed by atoms with Crippen molar-refractivity contribution in [2.45, 2.75) is 51.1 Å². The molecule has 1 fully saturated rings. The molecule has 0 bridgehead atoms. The average molecular weight is 603 g/mol. The normalized spacial score (nSPS) is 12.9. The molecule has 1 saturated heterocycles. The molecule has 0 aliphatic carbocycles. The summed E-state index contributed by atoms with van der Waals surface area (Å²) in [6, 6.07) is 16.3. The highest BCUT2D eigenvalue weighted by molar-refractivity contribution is 7.98. The van der Waals surface area contributed by atoms with Crippen LogP contribution in [0.2, 0.25) is 0 Å². The number of guanidine groups is 2. The Morgan fingerprint density at radius 1 is 0.595 bits per heavy atom. The van der Waals surface area contributed by atoms with Crippen molar-refractivity contribution in [3.8, 4) is 0 Å². The van der Waals surface area contributed by atoms with Crippen LogP contribution < -0.4 is 11.1 Å². The van der Waals surface area contributed by atoms with Crippen LogP contribution in [0.4, 0.5) is 0 Å². The lowest BCUT2D eigenvalue weighted by atomic mass is 10.1. The van der Waals surface area contributed by atoms with Gasteiger partial charge in [-0.15, -0.1) is 30.6 Å². The van der Waals surface area contributed by atoms with Crippen molar-refractivity contribution >= 4 is 35.4 Å². The summed E-state index contributed by atoms with van der Waals surface area (Å²) in [5, 5.41) is 26.6. The third-order valence-electron chi connectivity index (χ3n) is 6.57. The van der Waals surface area contributed by atoms with Crippen molar-refractivity contribution in [2.24, 2.45) is 10.2 Å². The van der Waals surface area contributed by atoms with Crippen molar-refractivity contribution in [1.82, 2.24) is 39.5 Å². The monoisotopic (exact) mass is 602 g/mol. The van der Waals surface area contributed by atoms with Gasteiger partial charge in [0.15, 0.2) is 0 Å². The minimum Gasteiger partial charge on any atom is -0.274 e. The third kappa shape index (κ3) is 5.85. The summed E-state index contributed by atoms with van der Waals surface area (Å²) in [6.07, 6.45) is 3.62. The smallest absolute Gasteiger partial charge is 0.274 e. The molecule has 1 aliphatic heterocycles. The predicted molar refractivity (Wildman–Crippen MR) is 165 cm³/mol. The summed E-state index contributed by atoms with van der Waals surface area (Å²) in [5.74, 6) is 0.939. The molecule has 0 N–H and O–H groups in total. The zero-order valence-electron chi connectivity index (χ0n) is 24.1. The standard InChI is InChI=1S/C28H30N10O2S2/c1-17-7-11-21(12-8-17)15-35-25(33-37-23(39)19(3)29-31-27(37)41-5)36(16-22-13-9-18(2)10-14-22)26(35)34-38-24(40)20(4)30-32-28(38)42-6/h7-14H,15-16H2,1-6H3. The summed E-state index contributed by atoms with van der Waals surface area (Å²) in [7, 11) is 0. The maximum Gasteiger partial charge on any atom is 0.296 e. The molecule has 4 aromatic rings. The predicted octanol–water partition coefficient (Wildman–Crippen LogP) is 3.22. The van der Waals surface area contributed by atoms with E-state index in [0.29, 0.717) is 35.3 Å². The number of aromatic nitrogens is 6. The van der Waals surface area contributed by atoms with Crippen molar-refractivity contribution in [3.05, 3.63) is 103 Å². The lowest BCUT2D eigenvalue weighted by molar-refractivity contribution is 0.339. The molecule has 0 radical (unpaired) electrons. The summed E-state index contributed by atoms with van der Waals surface area (Å²) >= 11 is 2.54. The van der Waals surface area contributed by atoms with Crippen molar-refractivity contribution in [3.63, 3.8) is 0 Å². The summed E-state index contributed by atoms with van der Waals surface area (Å²) in [6.45, 7) is 8.05. The summed E-state index contributed by atoms with van der Waals surface area (Å²) in [5.41, 5.74) is 3.99. The average Bonchev–Trinajstić information content (AvgIpc) is 2.99. The van der Waals surface area contributed by atoms with E-state index in [1.807, 2.05) is 84.7 Å². The van der Waals surface area contributed by atoms with Gasteiger partial charge >= 0.3 is 0 Å². The van der Waals surface area contributed by atoms with Gasteiger partial charge in [-0.1, -0.05) is 83.2 Å². The van der Waals surface area contributed by atoms with Gasteiger partial charge in [-0.2, -0.15) is 9.35 Å². The van der Waals surface area contributed by atoms with Gasteiger partial charge in [0.05, 0.1) is 13.1 Å². The fourth-order valence-corrected chi connectivity index (χ4v) is 5.01. The van der Waals surface area contributed by atoms with Crippen LogP contribution in [0, 0.1) is 27.7 Å². The highest BCUT2D eigenvalue weighted by atomic mass is 32.2. The van der Waals surface area contributed by atoms with Gasteiger partial charge in [0, 0.05) is 0 Å². The molecule has 0 saturated carbocycles. The van der Waals surface area contributed by atoms with Crippen molar-refractivity contribution < 1.29 is 0 Å². The largest absolute Gasteiger partial charge is 0.296 e. The second-order valence-electron chi connectivity index (χ2n) is 9.72. The maximum absolute atomic E-state index is 13.2. The number of aryl methyl sites for hydroxylation is 4. The number of benzene rings is 2. The van der Waals surface area contributed by atoms with Crippen LogP contribution in [-0.2, 0) is 13.1 Å². The quantitative estimate of drug-likeness (QED) is 0.278. The Balaban J connectivity index is 1.72. The van der Waals surface area contributed by atoms with Gasteiger partial charge in [-0.25, -0.2) is 0 Å². The highest BCUT2D eigenvalue weighted by Gasteiger charge is 2.41. The van der Waals surface area contributed by atoms with E-state index in [2.05, 4.69) is 20.4 Å². The molecule has 42 heavy (non-hydrogen) atoms. The molecule has 216 valence electrons. The Kier molecular flexibility index (Phi) is 8.54. The van der Waals surface area contributed by atoms with Gasteiger partial charge in [-0.3, -0.25) is 19.4 Å². The second-order valence-corrected chi connectivity index (χ2v) is 11.3. The van der Waals surface area contributed by atoms with Crippen LogP contribution in [0.25, 0.3) is 0 Å². The molecule has 14 heteroatoms. The Morgan fingerprint density at radius 3 is 1.29 bits per heavy atom. The minimum absolute atomic E-state index is 0.232. The lowest BCUT2D eigenvalue weighted by Crippen LogP contribution is -2.65. The van der Waals surface area contributed by atoms with Crippen LogP contribution in [0.3, 0.4) is 0 Å². The van der Waals surface area contributed by atoms with Crippen LogP contribution in [0.15, 0.2) is 78.6 Å². The molecular weight excluding hydrogens is 573 g/mol. The van der Waals surface area contributed by atoms with E-state index in [4.69, 9.17) is 10.2 Å². The second kappa shape index (κ2) is 12.3. The zero-order valence-corrected chi connectivity index (χ0v) is 25.8. The molecule has 5 rings (SSSR count). The topological polar surface area (TPSA) is 127 Å². The molecule has 1 aliphatic rings. The molecule has 0 unspecified atom stereocenters. The fourth-order valence-electron chi connectivity index (χ4n) is 4.17. The van der Waals surface area contributed by atoms with Gasteiger partial charge in [0.1, 0.15) is 11.4 Å². The Labute approximate surface area is 251 Å². The summed E-state index contributed by atoms with van der Waals surface area (Å²) < 4.78 is 2.53. The first kappa shape index (κ1) is 29.2. The van der Waals surface area contributed by atoms with Gasteiger partial charge in [-0.05, 0) is 51.3 Å². The van der Waals surface area contributed by atoms with Gasteiger partial charge < -0.3 is 0 Å². The molecule has 3 heterocycles. The molecule has 2 aromatic carbocycles. The third-order valence-corrected chi connectivity index (χ3v) is 7.81. The fraction of sp³-hybridized carbons (Fsp3) is 0.286. The van der Waals surface area contributed by atoms with E-state index < -0.39 is 0 Å². The molecular formula is C28H30N10O2S2. The molecule has 0 atom stereocenters. The first-order chi connectivity index (χ1) is 20.2. The zero-order chi connectivity index (χ0) is 30.0. The maximum atomic E-state index is 13.2. The number of thioether (sulfide) groups is 2. The molecule has 0 spiro atoms. The highest BCUT2D eigenvalue weighted by Crippen LogP contribution is 2.25. The molecule has 0 amide bonds. The van der Waals surface area contributed by atoms with Crippen LogP contribution in [-0.4, -0.2) is 64.0 Å². The van der Waals surface area contributed by atoms with Crippen LogP contribution in [0.1, 0.15) is 33.6 Å². The van der Waals surface area contributed by atoms with Crippen molar-refractivity contribution in [1.29, 1.82) is 0 Å². The Hall–Kier alpha value is -4.30. The van der Waals surface area contributed by atoms with E-state index in [1.165, 1.54) is 32.9 Å². The summed E-state index contributed by atoms with van der Waals surface area (Å²) in [4.78, 5) is 30.1. The number of hydrogen-bond acceptors (Lipinski definition) is 10. The SMILES string of the molecule is CSc1nnc(C)c(=O)n1N=C1N(Cc2ccc(C)cc2)C(=Nn2c(SC)nnc(C)c2=O)N1Cc1ccc(C)cc1. The first-order valence-corrected chi connectivity index (χ1v) is 15.5. The number of hydrogen-bond donors (Lipinski definition) is 0. The molecule has 12 nitrogen and oxygen atoms in total. The van der Waals surface area contributed by atoms with Gasteiger partial charge in [0.25, 0.3) is 11.1 Å². The van der Waals surface area contributed by atoms with E-state index in [-0.39, 0.29) is 22.5 Å². The van der Waals surface area contributed by atoms with Crippen LogP contribution in [0.5, 0.6) is 0 Å². The van der Waals surface area contributed by atoms with E-state index in [0.717, 1.165) is 22.3 Å². The number of rotatable bonds is 8. The van der Waals surface area contributed by atoms with E-state index >= 15 is 0 Å².